The number of amides is 1. The van der Waals surface area contributed by atoms with Gasteiger partial charge in [0, 0.05) is 49.2 Å². The van der Waals surface area contributed by atoms with Gasteiger partial charge in [-0.05, 0) is 74.6 Å². The Bertz CT molecular complexity index is 1410. The first-order valence-electron chi connectivity index (χ1n) is 14.4. The van der Waals surface area contributed by atoms with Crippen LogP contribution < -0.4 is 9.47 Å². The second-order valence-electron chi connectivity index (χ2n) is 12.4. The molecule has 0 unspecified atom stereocenters. The highest BCUT2D eigenvalue weighted by molar-refractivity contribution is 6.42. The monoisotopic (exact) mass is 584 g/mol. The van der Waals surface area contributed by atoms with Crippen molar-refractivity contribution >= 4 is 35.1 Å². The highest BCUT2D eigenvalue weighted by atomic mass is 35.5. The first kappa shape index (κ1) is 26.4. The van der Waals surface area contributed by atoms with Gasteiger partial charge in [0.05, 0.1) is 22.5 Å². The molecule has 1 saturated heterocycles. The van der Waals surface area contributed by atoms with Gasteiger partial charge in [0.2, 0.25) is 5.91 Å². The second-order valence-corrected chi connectivity index (χ2v) is 13.2. The molecule has 2 saturated carbocycles. The number of halogens is 2. The molecule has 2 aliphatic heterocycles. The van der Waals surface area contributed by atoms with E-state index in [0.29, 0.717) is 27.8 Å². The summed E-state index contributed by atoms with van der Waals surface area (Å²) in [6.45, 7) is 3.43. The van der Waals surface area contributed by atoms with Crippen LogP contribution in [-0.2, 0) is 27.8 Å². The van der Waals surface area contributed by atoms with Crippen LogP contribution in [-0.4, -0.2) is 65.1 Å². The Balaban J connectivity index is 1.27. The SMILES string of the molecule is CC(=O)Oc1cc(O)c2c3c1O[C@H]1[C@H](N(C)C(=O)Cc4ccc(Cl)c(Cl)c4)CC[C@H]4[C@@H](C2)N(CC2CC2)CC[C@@]341. The molecule has 3 fully saturated rings. The van der Waals surface area contributed by atoms with E-state index in [0.717, 1.165) is 61.4 Å². The second kappa shape index (κ2) is 9.53. The number of hydrogen-bond acceptors (Lipinski definition) is 6. The van der Waals surface area contributed by atoms with Crippen molar-refractivity contribution in [3.63, 3.8) is 0 Å². The number of carbonyl (C=O) groups excluding carboxylic acids is 2. The van der Waals surface area contributed by atoms with E-state index in [1.807, 2.05) is 18.0 Å². The van der Waals surface area contributed by atoms with Crippen molar-refractivity contribution in [3.8, 4) is 17.2 Å². The van der Waals surface area contributed by atoms with E-state index in [4.69, 9.17) is 32.7 Å². The maximum Gasteiger partial charge on any atom is 0.308 e. The van der Waals surface area contributed by atoms with Crippen LogP contribution in [0.15, 0.2) is 24.3 Å². The molecule has 2 bridgehead atoms. The van der Waals surface area contributed by atoms with Crippen LogP contribution in [0.2, 0.25) is 10.0 Å². The summed E-state index contributed by atoms with van der Waals surface area (Å²) in [5.74, 6) is 1.67. The first-order valence-corrected chi connectivity index (χ1v) is 15.1. The fourth-order valence-corrected chi connectivity index (χ4v) is 8.59. The predicted molar refractivity (Wildman–Crippen MR) is 151 cm³/mol. The molecule has 1 spiro atoms. The number of likely N-dealkylation sites (tertiary alicyclic amines) is 1. The Kier molecular flexibility index (Phi) is 6.30. The summed E-state index contributed by atoms with van der Waals surface area (Å²) in [5.41, 5.74) is 2.39. The van der Waals surface area contributed by atoms with E-state index < -0.39 is 5.97 Å². The molecule has 0 aromatic heterocycles. The lowest BCUT2D eigenvalue weighted by atomic mass is 9.50. The molecule has 0 radical (unpaired) electrons. The summed E-state index contributed by atoms with van der Waals surface area (Å²) < 4.78 is 12.4. The minimum absolute atomic E-state index is 0.0143. The molecule has 9 heteroatoms. The van der Waals surface area contributed by atoms with E-state index in [2.05, 4.69) is 4.90 Å². The Hall–Kier alpha value is -2.48. The Labute approximate surface area is 244 Å². The number of phenols is 1. The normalized spacial score (nSPS) is 29.9. The van der Waals surface area contributed by atoms with Crippen LogP contribution in [0.3, 0.4) is 0 Å². The van der Waals surface area contributed by atoms with Gasteiger partial charge in [-0.3, -0.25) is 14.5 Å². The minimum atomic E-state index is -0.457. The number of carbonyl (C=O) groups is 2. The molecule has 2 heterocycles. The number of likely N-dealkylation sites (N-methyl/N-ethyl adjacent to an activating group) is 1. The molecule has 40 heavy (non-hydrogen) atoms. The number of ether oxygens (including phenoxy) is 2. The molecule has 7 rings (SSSR count). The van der Waals surface area contributed by atoms with E-state index >= 15 is 0 Å². The summed E-state index contributed by atoms with van der Waals surface area (Å²) in [4.78, 5) is 30.1. The molecular formula is C31H34Cl2N2O5. The highest BCUT2D eigenvalue weighted by Gasteiger charge is 2.67. The van der Waals surface area contributed by atoms with Crippen LogP contribution in [0.1, 0.15) is 55.7 Å². The number of aromatic hydroxyl groups is 1. The van der Waals surface area contributed by atoms with Crippen molar-refractivity contribution in [2.75, 3.05) is 20.1 Å². The van der Waals surface area contributed by atoms with Crippen molar-refractivity contribution in [2.45, 2.75) is 75.5 Å². The highest BCUT2D eigenvalue weighted by Crippen LogP contribution is 2.65. The smallest absolute Gasteiger partial charge is 0.308 e. The van der Waals surface area contributed by atoms with E-state index in [1.54, 1.807) is 18.2 Å². The third kappa shape index (κ3) is 4.03. The van der Waals surface area contributed by atoms with Crippen LogP contribution >= 0.6 is 23.2 Å². The summed E-state index contributed by atoms with van der Waals surface area (Å²) in [5, 5.41) is 12.1. The van der Waals surface area contributed by atoms with Crippen molar-refractivity contribution in [1.29, 1.82) is 0 Å². The number of esters is 1. The molecule has 5 aliphatic rings. The van der Waals surface area contributed by atoms with E-state index in [9.17, 15) is 14.7 Å². The summed E-state index contributed by atoms with van der Waals surface area (Å²) in [7, 11) is 1.86. The Morgan fingerprint density at radius 1 is 1.18 bits per heavy atom. The number of nitrogens with zero attached hydrogens (tertiary/aromatic N) is 2. The van der Waals surface area contributed by atoms with Gasteiger partial charge in [0.1, 0.15) is 11.9 Å². The number of piperidine rings is 1. The lowest BCUT2D eigenvalue weighted by Gasteiger charge is -2.60. The van der Waals surface area contributed by atoms with Crippen molar-refractivity contribution in [3.05, 3.63) is 51.0 Å². The largest absolute Gasteiger partial charge is 0.508 e. The zero-order valence-corrected chi connectivity index (χ0v) is 24.3. The predicted octanol–water partition coefficient (Wildman–Crippen LogP) is 5.14. The molecule has 3 aliphatic carbocycles. The van der Waals surface area contributed by atoms with Crippen LogP contribution in [0.25, 0.3) is 0 Å². The topological polar surface area (TPSA) is 79.3 Å². The van der Waals surface area contributed by atoms with Gasteiger partial charge in [-0.25, -0.2) is 0 Å². The molecule has 1 amide bonds. The standard InChI is InChI=1S/C31H34Cl2N2O5/c1-16(36)39-26-14-25(37)19-13-24-20-6-8-23(34(2)27(38)12-18-5-7-21(32)22(33)11-18)30-31(20,28(19)29(26)40-30)9-10-35(24)15-17-3-4-17/h5,7,11,14,17,20,23-24,30,37H,3-4,6,8-10,12-13,15H2,1-2H3/t20-,23+,24+,30-,31-/m0/s1. The number of hydrogen-bond donors (Lipinski definition) is 1. The lowest BCUT2D eigenvalue weighted by Crippen LogP contribution is -2.69. The average molecular weight is 586 g/mol. The minimum Gasteiger partial charge on any atom is -0.508 e. The Morgan fingerprint density at radius 3 is 2.70 bits per heavy atom. The number of rotatable bonds is 6. The summed E-state index contributed by atoms with van der Waals surface area (Å²) >= 11 is 12.3. The maximum absolute atomic E-state index is 13.6. The molecule has 212 valence electrons. The van der Waals surface area contributed by atoms with Gasteiger partial charge in [-0.15, -0.1) is 0 Å². The summed E-state index contributed by atoms with van der Waals surface area (Å²) in [6.07, 6.45) is 5.98. The fourth-order valence-electron chi connectivity index (χ4n) is 8.27. The van der Waals surface area contributed by atoms with Crippen molar-refractivity contribution < 1.29 is 24.2 Å². The van der Waals surface area contributed by atoms with Gasteiger partial charge in [-0.2, -0.15) is 0 Å². The molecular weight excluding hydrogens is 551 g/mol. The van der Waals surface area contributed by atoms with Gasteiger partial charge in [0.15, 0.2) is 11.5 Å². The summed E-state index contributed by atoms with van der Waals surface area (Å²) in [6, 6.07) is 7.00. The number of phenolic OH excluding ortho intramolecular Hbond substituents is 1. The average Bonchev–Trinajstić information content (AvgIpc) is 3.66. The molecule has 1 N–H and O–H groups in total. The molecule has 2 aromatic carbocycles. The van der Waals surface area contributed by atoms with E-state index in [1.165, 1.54) is 19.8 Å². The zero-order chi connectivity index (χ0) is 27.9. The lowest BCUT2D eigenvalue weighted by molar-refractivity contribution is -0.139. The fraction of sp³-hybridized carbons (Fsp3) is 0.548. The quantitative estimate of drug-likeness (QED) is 0.374. The van der Waals surface area contributed by atoms with Crippen molar-refractivity contribution in [2.24, 2.45) is 11.8 Å². The Morgan fingerprint density at radius 2 is 1.98 bits per heavy atom. The maximum atomic E-state index is 13.6. The molecule has 5 atom stereocenters. The molecule has 2 aromatic rings. The van der Waals surface area contributed by atoms with Crippen LogP contribution in [0, 0.1) is 11.8 Å². The van der Waals surface area contributed by atoms with Gasteiger partial charge in [0.25, 0.3) is 0 Å². The third-order valence-electron chi connectivity index (χ3n) is 10.2. The van der Waals surface area contributed by atoms with E-state index in [-0.39, 0.29) is 41.4 Å². The van der Waals surface area contributed by atoms with Crippen LogP contribution in [0.4, 0.5) is 0 Å². The first-order chi connectivity index (χ1) is 19.2. The number of benzene rings is 2. The zero-order valence-electron chi connectivity index (χ0n) is 22.8. The van der Waals surface area contributed by atoms with Gasteiger partial charge >= 0.3 is 5.97 Å². The molecule has 7 nitrogen and oxygen atoms in total. The van der Waals surface area contributed by atoms with Gasteiger partial charge in [-0.1, -0.05) is 29.3 Å². The van der Waals surface area contributed by atoms with Gasteiger partial charge < -0.3 is 19.5 Å². The van der Waals surface area contributed by atoms with Crippen molar-refractivity contribution in [1.82, 2.24) is 9.80 Å². The third-order valence-corrected chi connectivity index (χ3v) is 10.9. The van der Waals surface area contributed by atoms with Crippen LogP contribution in [0.5, 0.6) is 17.2 Å².